The summed E-state index contributed by atoms with van der Waals surface area (Å²) in [6.07, 6.45) is 4.52. The van der Waals surface area contributed by atoms with Crippen molar-refractivity contribution in [2.24, 2.45) is 5.92 Å². The van der Waals surface area contributed by atoms with Crippen LogP contribution in [0.25, 0.3) is 0 Å². The van der Waals surface area contributed by atoms with Crippen molar-refractivity contribution in [3.05, 3.63) is 75.8 Å². The monoisotopic (exact) mass is 533 g/mol. The lowest BCUT2D eigenvalue weighted by Crippen LogP contribution is -2.46. The Morgan fingerprint density at radius 2 is 1.86 bits per heavy atom. The van der Waals surface area contributed by atoms with Crippen LogP contribution >= 0.6 is 23.2 Å². The number of halogens is 2. The molecular weight excluding hydrogens is 497 g/mol. The molecule has 7 heteroatoms. The Kier molecular flexibility index (Phi) is 10.3. The number of ether oxygens (including phenoxy) is 2. The molecule has 2 aromatic carbocycles. The van der Waals surface area contributed by atoms with Crippen molar-refractivity contribution in [1.82, 2.24) is 5.32 Å². The summed E-state index contributed by atoms with van der Waals surface area (Å²) in [5.74, 6) is -0.0215. The number of hydrogen-bond donors (Lipinski definition) is 2. The smallest absolute Gasteiger partial charge is 0.313 e. The zero-order valence-electron chi connectivity index (χ0n) is 21.4. The number of carbonyl (C=O) groups is 1. The standard InChI is InChI=1S/C29H37Cl2NO4/c1-5-9-24(28(34)35-6-2)23-12-13-25(27(31)26(23)30)36-18-22(33)17-32-29(3,4)16-19-14-20-10-7-8-11-21(20)15-19/h5,7-8,10-13,19,22,24,32-33H,1,6,9,14-18H2,2-4H3/t22-,24?/m1/s1. The van der Waals surface area contributed by atoms with Gasteiger partial charge in [0.2, 0.25) is 0 Å². The van der Waals surface area contributed by atoms with Crippen LogP contribution in [0.2, 0.25) is 10.0 Å². The van der Waals surface area contributed by atoms with Crippen molar-refractivity contribution in [3.63, 3.8) is 0 Å². The molecule has 5 nitrogen and oxygen atoms in total. The zero-order chi connectivity index (χ0) is 26.3. The molecule has 0 aromatic heterocycles. The van der Waals surface area contributed by atoms with E-state index in [0.717, 1.165) is 19.3 Å². The molecule has 1 aliphatic carbocycles. The van der Waals surface area contributed by atoms with E-state index in [2.05, 4.69) is 50.0 Å². The van der Waals surface area contributed by atoms with Crippen molar-refractivity contribution in [3.8, 4) is 5.75 Å². The maximum absolute atomic E-state index is 12.4. The maximum Gasteiger partial charge on any atom is 0.313 e. The average molecular weight is 535 g/mol. The summed E-state index contributed by atoms with van der Waals surface area (Å²) in [7, 11) is 0. The zero-order valence-corrected chi connectivity index (χ0v) is 22.9. The fourth-order valence-electron chi connectivity index (χ4n) is 4.91. The molecule has 0 aliphatic heterocycles. The minimum absolute atomic E-state index is 0.0569. The predicted molar refractivity (Wildman–Crippen MR) is 146 cm³/mol. The molecule has 1 unspecified atom stereocenters. The number of esters is 1. The first-order chi connectivity index (χ1) is 17.1. The lowest BCUT2D eigenvalue weighted by atomic mass is 9.88. The second-order valence-corrected chi connectivity index (χ2v) is 10.8. The third-order valence-electron chi connectivity index (χ3n) is 6.61. The van der Waals surface area contributed by atoms with E-state index >= 15 is 0 Å². The summed E-state index contributed by atoms with van der Waals surface area (Å²) in [4.78, 5) is 12.4. The Balaban J connectivity index is 1.52. The van der Waals surface area contributed by atoms with Crippen LogP contribution in [0.3, 0.4) is 0 Å². The Morgan fingerprint density at radius 3 is 2.47 bits per heavy atom. The van der Waals surface area contributed by atoms with Gasteiger partial charge in [-0.15, -0.1) is 6.58 Å². The SMILES string of the molecule is C=CCC(C(=O)OCC)c1ccc(OC[C@H](O)CNC(C)(C)CC2Cc3ccccc3C2)c(Cl)c1Cl. The molecule has 196 valence electrons. The number of β-amino-alcohol motifs (C(OH)–C–C–N with tert-alkyl or cyclic N) is 1. The summed E-state index contributed by atoms with van der Waals surface area (Å²) in [6.45, 7) is 10.5. The molecule has 2 atom stereocenters. The molecule has 0 spiro atoms. The molecule has 3 rings (SSSR count). The van der Waals surface area contributed by atoms with Gasteiger partial charge in [0, 0.05) is 12.1 Å². The van der Waals surface area contributed by atoms with E-state index in [9.17, 15) is 9.90 Å². The number of allylic oxidation sites excluding steroid dienone is 1. The normalized spacial score (nSPS) is 15.3. The summed E-state index contributed by atoms with van der Waals surface area (Å²) in [6, 6.07) is 12.0. The van der Waals surface area contributed by atoms with Gasteiger partial charge in [0.05, 0.1) is 17.5 Å². The number of rotatable bonds is 13. The van der Waals surface area contributed by atoms with Crippen LogP contribution in [0.5, 0.6) is 5.75 Å². The average Bonchev–Trinajstić information content (AvgIpc) is 3.24. The maximum atomic E-state index is 12.4. The molecule has 0 fully saturated rings. The Labute approximate surface area is 224 Å². The van der Waals surface area contributed by atoms with Crippen LogP contribution in [0, 0.1) is 5.92 Å². The lowest BCUT2D eigenvalue weighted by molar-refractivity contribution is -0.144. The Morgan fingerprint density at radius 1 is 1.19 bits per heavy atom. The molecule has 0 radical (unpaired) electrons. The highest BCUT2D eigenvalue weighted by Crippen LogP contribution is 2.39. The fraction of sp³-hybridized carbons (Fsp3) is 0.483. The first-order valence-electron chi connectivity index (χ1n) is 12.5. The van der Waals surface area contributed by atoms with E-state index in [0.29, 0.717) is 30.2 Å². The fourth-order valence-corrected chi connectivity index (χ4v) is 5.43. The summed E-state index contributed by atoms with van der Waals surface area (Å²) in [5.41, 5.74) is 3.34. The number of fused-ring (bicyclic) bond motifs is 1. The van der Waals surface area contributed by atoms with E-state index in [-0.39, 0.29) is 34.8 Å². The van der Waals surface area contributed by atoms with Gasteiger partial charge >= 0.3 is 5.97 Å². The molecule has 2 N–H and O–H groups in total. The van der Waals surface area contributed by atoms with Gasteiger partial charge < -0.3 is 19.9 Å². The van der Waals surface area contributed by atoms with Crippen LogP contribution in [-0.2, 0) is 22.4 Å². The van der Waals surface area contributed by atoms with Crippen molar-refractivity contribution in [2.45, 2.75) is 64.0 Å². The van der Waals surface area contributed by atoms with Crippen LogP contribution in [0.4, 0.5) is 0 Å². The van der Waals surface area contributed by atoms with Gasteiger partial charge in [0.1, 0.15) is 23.5 Å². The number of benzene rings is 2. The van der Waals surface area contributed by atoms with Gasteiger partial charge in [-0.2, -0.15) is 0 Å². The molecule has 0 saturated heterocycles. The molecular formula is C29H37Cl2NO4. The number of aliphatic hydroxyl groups excluding tert-OH is 1. The van der Waals surface area contributed by atoms with Gasteiger partial charge in [0.15, 0.2) is 0 Å². The molecule has 0 amide bonds. The highest BCUT2D eigenvalue weighted by molar-refractivity contribution is 6.43. The van der Waals surface area contributed by atoms with Gasteiger partial charge in [-0.1, -0.05) is 59.6 Å². The molecule has 2 aromatic rings. The van der Waals surface area contributed by atoms with E-state index in [1.807, 2.05) is 0 Å². The van der Waals surface area contributed by atoms with Gasteiger partial charge in [0.25, 0.3) is 0 Å². The van der Waals surface area contributed by atoms with Crippen molar-refractivity contribution in [1.29, 1.82) is 0 Å². The lowest BCUT2D eigenvalue weighted by Gasteiger charge is -2.30. The number of nitrogens with one attached hydrogen (secondary N) is 1. The first-order valence-corrected chi connectivity index (χ1v) is 13.3. The summed E-state index contributed by atoms with van der Waals surface area (Å²) >= 11 is 13.0. The Hall–Kier alpha value is -2.05. The minimum Gasteiger partial charge on any atom is -0.489 e. The predicted octanol–water partition coefficient (Wildman–Crippen LogP) is 6.13. The first kappa shape index (κ1) is 28.5. The number of aliphatic hydroxyl groups is 1. The van der Waals surface area contributed by atoms with E-state index in [1.165, 1.54) is 11.1 Å². The molecule has 0 bridgehead atoms. The topological polar surface area (TPSA) is 67.8 Å². The third kappa shape index (κ3) is 7.48. The largest absolute Gasteiger partial charge is 0.489 e. The second-order valence-electron chi connectivity index (χ2n) is 10.1. The van der Waals surface area contributed by atoms with Crippen molar-refractivity contribution in [2.75, 3.05) is 19.8 Å². The van der Waals surface area contributed by atoms with Crippen LogP contribution < -0.4 is 10.1 Å². The summed E-state index contributed by atoms with van der Waals surface area (Å²) in [5, 5.41) is 14.5. The van der Waals surface area contributed by atoms with Crippen LogP contribution in [0.15, 0.2) is 49.1 Å². The van der Waals surface area contributed by atoms with Gasteiger partial charge in [-0.05, 0) is 75.1 Å². The number of carbonyl (C=O) groups excluding carboxylic acids is 1. The highest BCUT2D eigenvalue weighted by Gasteiger charge is 2.29. The van der Waals surface area contributed by atoms with E-state index < -0.39 is 12.0 Å². The Bertz CT molecular complexity index is 1030. The highest BCUT2D eigenvalue weighted by atomic mass is 35.5. The van der Waals surface area contributed by atoms with Crippen LogP contribution in [0.1, 0.15) is 56.2 Å². The quantitative estimate of drug-likeness (QED) is 0.239. The molecule has 0 heterocycles. The van der Waals surface area contributed by atoms with Crippen LogP contribution in [-0.4, -0.2) is 42.5 Å². The minimum atomic E-state index is -0.729. The number of hydrogen-bond acceptors (Lipinski definition) is 5. The molecule has 0 saturated carbocycles. The van der Waals surface area contributed by atoms with Gasteiger partial charge in [-0.25, -0.2) is 0 Å². The second kappa shape index (κ2) is 13.0. The van der Waals surface area contributed by atoms with Crippen molar-refractivity contribution < 1.29 is 19.4 Å². The van der Waals surface area contributed by atoms with E-state index in [1.54, 1.807) is 25.1 Å². The van der Waals surface area contributed by atoms with E-state index in [4.69, 9.17) is 32.7 Å². The van der Waals surface area contributed by atoms with Crippen molar-refractivity contribution >= 4 is 29.2 Å². The van der Waals surface area contributed by atoms with Gasteiger partial charge in [-0.3, -0.25) is 4.79 Å². The third-order valence-corrected chi connectivity index (χ3v) is 7.49. The molecule has 36 heavy (non-hydrogen) atoms. The molecule has 1 aliphatic rings. The summed E-state index contributed by atoms with van der Waals surface area (Å²) < 4.78 is 10.9.